The van der Waals surface area contributed by atoms with Crippen molar-refractivity contribution in [3.8, 4) is 0 Å². The first-order valence-electron chi connectivity index (χ1n) is 12.7. The summed E-state index contributed by atoms with van der Waals surface area (Å²) >= 11 is 0. The lowest BCUT2D eigenvalue weighted by molar-refractivity contribution is -0.119. The van der Waals surface area contributed by atoms with E-state index in [0.717, 1.165) is 19.3 Å². The smallest absolute Gasteiger partial charge is 0.135 e. The van der Waals surface area contributed by atoms with Crippen molar-refractivity contribution in [1.82, 2.24) is 10.9 Å². The second-order valence-electron chi connectivity index (χ2n) is 8.60. The Bertz CT molecular complexity index is 791. The predicted octanol–water partition coefficient (Wildman–Crippen LogP) is 7.27. The van der Waals surface area contributed by atoms with Crippen LogP contribution >= 0.6 is 0 Å². The Morgan fingerprint density at radius 3 is 2.03 bits per heavy atom. The number of halogens is 1. The molecule has 0 saturated carbocycles. The second kappa shape index (κ2) is 17.4. The zero-order valence-corrected chi connectivity index (χ0v) is 21.4. The molecule has 33 heavy (non-hydrogen) atoms. The Hall–Kier alpha value is -2.04. The second-order valence-corrected chi connectivity index (χ2v) is 8.60. The highest BCUT2D eigenvalue weighted by molar-refractivity contribution is 5.78. The van der Waals surface area contributed by atoms with Gasteiger partial charge in [0.15, 0.2) is 0 Å². The van der Waals surface area contributed by atoms with Gasteiger partial charge in [-0.05, 0) is 48.6 Å². The van der Waals surface area contributed by atoms with Gasteiger partial charge in [0, 0.05) is 18.8 Å². The van der Waals surface area contributed by atoms with Crippen molar-refractivity contribution in [3.05, 3.63) is 70.8 Å². The van der Waals surface area contributed by atoms with E-state index in [9.17, 15) is 9.18 Å². The molecule has 0 aliphatic heterocycles. The third-order valence-corrected chi connectivity index (χ3v) is 6.10. The lowest BCUT2D eigenvalue weighted by Gasteiger charge is -2.29. The Kier molecular flexibility index (Phi) is 15.3. The summed E-state index contributed by atoms with van der Waals surface area (Å²) in [6.45, 7) is 8.30. The number of ketones is 1. The predicted molar refractivity (Wildman–Crippen MR) is 139 cm³/mol. The molecular formula is C29H45FN2O. The number of carbonyl (C=O) groups excluding carboxylic acids is 1. The molecule has 0 aliphatic rings. The number of unbranched alkanes of at least 4 members (excludes halogenated alkanes) is 2. The minimum absolute atomic E-state index is 0.0135. The molecule has 2 unspecified atom stereocenters. The monoisotopic (exact) mass is 456 g/mol. The summed E-state index contributed by atoms with van der Waals surface area (Å²) in [6, 6.07) is 17.2. The lowest BCUT2D eigenvalue weighted by Crippen LogP contribution is -2.35. The standard InChI is InChI=1S/C24H33FN2O.C5H12/c1-4-19-10-5-8-15-23(19)24(27-26-3)18(2)22-14-7-6-11-20(22)12-9-13-21(28)16-17-25;1-3-5-4-2/h5-8,10-11,14-15,18,24,26-27H,4,9,12-13,16-17H2,1-3H3;3-5H2,1-2H3. The summed E-state index contributed by atoms with van der Waals surface area (Å²) in [7, 11) is 1.90. The SMILES string of the molecule is CCCCC.CCc1ccccc1C(NNC)C(C)c1ccccc1CCCC(=O)CCF. The third kappa shape index (κ3) is 10.2. The number of rotatable bonds is 14. The Balaban J connectivity index is 0.000000981. The van der Waals surface area contributed by atoms with Crippen molar-refractivity contribution in [2.45, 2.75) is 91.0 Å². The number of Topliss-reactive ketones (excluding diaryl/α,β-unsaturated/α-hetero) is 1. The quantitative estimate of drug-likeness (QED) is 0.294. The molecule has 4 heteroatoms. The number of aryl methyl sites for hydroxylation is 2. The van der Waals surface area contributed by atoms with Crippen LogP contribution in [-0.4, -0.2) is 19.5 Å². The first-order chi connectivity index (χ1) is 16.0. The van der Waals surface area contributed by atoms with Crippen LogP contribution < -0.4 is 10.9 Å². The van der Waals surface area contributed by atoms with E-state index in [0.29, 0.717) is 6.42 Å². The summed E-state index contributed by atoms with van der Waals surface area (Å²) in [6.07, 6.45) is 7.15. The fourth-order valence-electron chi connectivity index (χ4n) is 4.23. The highest BCUT2D eigenvalue weighted by atomic mass is 19.1. The molecule has 0 aliphatic carbocycles. The van der Waals surface area contributed by atoms with Gasteiger partial charge in [0.1, 0.15) is 5.78 Å². The fraction of sp³-hybridized carbons (Fsp3) is 0.552. The molecule has 2 N–H and O–H groups in total. The number of hydrazine groups is 1. The zero-order chi connectivity index (χ0) is 24.5. The molecule has 2 atom stereocenters. The zero-order valence-electron chi connectivity index (χ0n) is 21.4. The van der Waals surface area contributed by atoms with Crippen LogP contribution in [0.15, 0.2) is 48.5 Å². The van der Waals surface area contributed by atoms with Gasteiger partial charge >= 0.3 is 0 Å². The van der Waals surface area contributed by atoms with E-state index >= 15 is 0 Å². The number of hydrogen-bond acceptors (Lipinski definition) is 3. The number of alkyl halides is 1. The number of benzene rings is 2. The minimum Gasteiger partial charge on any atom is -0.300 e. The van der Waals surface area contributed by atoms with E-state index in [2.05, 4.69) is 87.1 Å². The molecule has 0 amide bonds. The van der Waals surface area contributed by atoms with Crippen molar-refractivity contribution in [1.29, 1.82) is 0 Å². The third-order valence-electron chi connectivity index (χ3n) is 6.10. The van der Waals surface area contributed by atoms with Gasteiger partial charge in [-0.15, -0.1) is 0 Å². The van der Waals surface area contributed by atoms with Gasteiger partial charge in [-0.1, -0.05) is 95.5 Å². The van der Waals surface area contributed by atoms with Gasteiger partial charge in [-0.25, -0.2) is 5.43 Å². The molecule has 2 rings (SSSR count). The lowest BCUT2D eigenvalue weighted by atomic mass is 9.83. The molecule has 0 radical (unpaired) electrons. The van der Waals surface area contributed by atoms with Gasteiger partial charge in [0.25, 0.3) is 0 Å². The average Bonchev–Trinajstić information content (AvgIpc) is 2.83. The van der Waals surface area contributed by atoms with Crippen LogP contribution in [0.4, 0.5) is 4.39 Å². The maximum atomic E-state index is 12.3. The summed E-state index contributed by atoms with van der Waals surface area (Å²) in [4.78, 5) is 11.6. The van der Waals surface area contributed by atoms with Crippen LogP contribution in [0.3, 0.4) is 0 Å². The molecule has 0 heterocycles. The van der Waals surface area contributed by atoms with E-state index < -0.39 is 6.67 Å². The largest absolute Gasteiger partial charge is 0.300 e. The van der Waals surface area contributed by atoms with Crippen LogP contribution in [0.1, 0.15) is 100 Å². The molecule has 2 aromatic carbocycles. The van der Waals surface area contributed by atoms with Gasteiger partial charge in [0.2, 0.25) is 0 Å². The summed E-state index contributed by atoms with van der Waals surface area (Å²) in [5, 5.41) is 0. The highest BCUT2D eigenvalue weighted by Gasteiger charge is 2.24. The molecule has 0 aromatic heterocycles. The fourth-order valence-corrected chi connectivity index (χ4v) is 4.23. The number of carbonyl (C=O) groups is 1. The van der Waals surface area contributed by atoms with Gasteiger partial charge < -0.3 is 0 Å². The minimum atomic E-state index is -0.555. The van der Waals surface area contributed by atoms with Crippen LogP contribution in [0.5, 0.6) is 0 Å². The first-order valence-corrected chi connectivity index (χ1v) is 12.7. The Morgan fingerprint density at radius 1 is 0.879 bits per heavy atom. The van der Waals surface area contributed by atoms with Crippen molar-refractivity contribution >= 4 is 5.78 Å². The van der Waals surface area contributed by atoms with E-state index in [1.165, 1.54) is 41.5 Å². The average molecular weight is 457 g/mol. The molecule has 184 valence electrons. The molecule has 0 saturated heterocycles. The molecule has 0 bridgehead atoms. The van der Waals surface area contributed by atoms with Crippen molar-refractivity contribution in [2.75, 3.05) is 13.7 Å². The maximum Gasteiger partial charge on any atom is 0.135 e. The van der Waals surface area contributed by atoms with E-state index in [1.54, 1.807) is 0 Å². The van der Waals surface area contributed by atoms with Crippen LogP contribution in [0.25, 0.3) is 0 Å². The Labute approximate surface area is 201 Å². The normalized spacial score (nSPS) is 12.5. The van der Waals surface area contributed by atoms with Crippen molar-refractivity contribution < 1.29 is 9.18 Å². The molecule has 2 aromatic rings. The Morgan fingerprint density at radius 2 is 1.48 bits per heavy atom. The van der Waals surface area contributed by atoms with Gasteiger partial charge in [0.05, 0.1) is 12.7 Å². The topological polar surface area (TPSA) is 41.1 Å². The van der Waals surface area contributed by atoms with E-state index in [4.69, 9.17) is 0 Å². The summed E-state index contributed by atoms with van der Waals surface area (Å²) < 4.78 is 12.3. The van der Waals surface area contributed by atoms with Crippen LogP contribution in [-0.2, 0) is 17.6 Å². The molecule has 3 nitrogen and oxygen atoms in total. The van der Waals surface area contributed by atoms with Crippen LogP contribution in [0, 0.1) is 0 Å². The van der Waals surface area contributed by atoms with Gasteiger partial charge in [-0.2, -0.15) is 0 Å². The van der Waals surface area contributed by atoms with Crippen molar-refractivity contribution in [3.63, 3.8) is 0 Å². The number of nitrogens with one attached hydrogen (secondary N) is 2. The van der Waals surface area contributed by atoms with Crippen molar-refractivity contribution in [2.24, 2.45) is 0 Å². The summed E-state index contributed by atoms with van der Waals surface area (Å²) in [5.74, 6) is 0.262. The first kappa shape index (κ1) is 29.0. The molecular weight excluding hydrogens is 411 g/mol. The summed E-state index contributed by atoms with van der Waals surface area (Å²) in [5.41, 5.74) is 11.8. The molecule has 0 spiro atoms. The van der Waals surface area contributed by atoms with E-state index in [-0.39, 0.29) is 24.2 Å². The van der Waals surface area contributed by atoms with Crippen LogP contribution in [0.2, 0.25) is 0 Å². The molecule has 0 fully saturated rings. The number of hydrogen-bond donors (Lipinski definition) is 2. The highest BCUT2D eigenvalue weighted by Crippen LogP contribution is 2.34. The van der Waals surface area contributed by atoms with Gasteiger partial charge in [-0.3, -0.25) is 14.6 Å². The maximum absolute atomic E-state index is 12.3. The van der Waals surface area contributed by atoms with E-state index in [1.807, 2.05) is 7.05 Å².